The average molecular weight is 663 g/mol. The molecule has 2 aromatic heterocycles. The zero-order chi connectivity index (χ0) is 30.9. The number of imidazole rings is 1. The number of phosphoric acid groups is 1. The average Bonchev–Trinajstić information content (AvgIpc) is 3.54. The molecule has 18 nitrogen and oxygen atoms in total. The maximum Gasteiger partial charge on any atom is 1.00 e. The van der Waals surface area contributed by atoms with Crippen LogP contribution in [0.5, 0.6) is 0 Å². The van der Waals surface area contributed by atoms with Gasteiger partial charge in [0.25, 0.3) is 0 Å². The number of anilines is 1. The van der Waals surface area contributed by atoms with Crippen molar-refractivity contribution in [1.29, 1.82) is 0 Å². The van der Waals surface area contributed by atoms with E-state index < -0.39 is 39.3 Å². The number of nitrogen functional groups attached to an aromatic ring is 1. The first kappa shape index (κ1) is 39.4. The summed E-state index contributed by atoms with van der Waals surface area (Å²) in [5, 5.41) is 20.9. The van der Waals surface area contributed by atoms with E-state index in [0.29, 0.717) is 71.6 Å². The van der Waals surface area contributed by atoms with E-state index >= 15 is 0 Å². The third-order valence-corrected chi connectivity index (χ3v) is 6.93. The Bertz CT molecular complexity index is 1050. The van der Waals surface area contributed by atoms with Crippen LogP contribution in [0.1, 0.15) is 13.2 Å². The number of fused-ring (bicyclic) bond motifs is 1. The van der Waals surface area contributed by atoms with E-state index in [-0.39, 0.29) is 60.8 Å². The van der Waals surface area contributed by atoms with Crippen molar-refractivity contribution in [1.82, 2.24) is 19.5 Å². The van der Waals surface area contributed by atoms with Gasteiger partial charge in [0.05, 0.1) is 79.0 Å². The van der Waals surface area contributed by atoms with E-state index in [1.165, 1.54) is 17.2 Å². The number of hydrogen-bond donors (Lipinski definition) is 4. The second kappa shape index (κ2) is 21.9. The summed E-state index contributed by atoms with van der Waals surface area (Å²) in [6.07, 6.45) is -2.49. The number of aromatic nitrogens is 4. The fourth-order valence-electron chi connectivity index (χ4n) is 3.81. The van der Waals surface area contributed by atoms with Gasteiger partial charge in [0.1, 0.15) is 43.4 Å². The van der Waals surface area contributed by atoms with Crippen LogP contribution in [0.2, 0.25) is 0 Å². The van der Waals surface area contributed by atoms with Crippen LogP contribution in [0.25, 0.3) is 11.2 Å². The van der Waals surface area contributed by atoms with Gasteiger partial charge >= 0.3 is 37.7 Å². The summed E-state index contributed by atoms with van der Waals surface area (Å²) in [5.74, 6) is 0.140. The van der Waals surface area contributed by atoms with Crippen molar-refractivity contribution in [2.24, 2.45) is 0 Å². The molecule has 1 aliphatic rings. The van der Waals surface area contributed by atoms with Crippen molar-refractivity contribution in [2.45, 2.75) is 31.5 Å². The fraction of sp³-hybridized carbons (Fsp3) is 0.792. The predicted octanol–water partition coefficient (Wildman–Crippen LogP) is -4.79. The van der Waals surface area contributed by atoms with Crippen LogP contribution < -0.4 is 40.2 Å². The molecule has 3 heterocycles. The standard InChI is InChI=1S/C24H42N5O13P.Na/c1-2-34-3-4-35-5-6-36-7-8-37-9-10-38-11-12-39-13-14-40-43(32,33)41-15-18-20(30)21(31)24(42-18)29-17-28-19-22(25)26-16-27-23(19)29;/h16-18,20-21,24,30-31H,2-15H2,1H3,(H,32,33)(H2,25,26,27);/q;+1/t18-,20-,21-,24-;/m1./s1. The maximum absolute atomic E-state index is 12.2. The number of rotatable bonds is 24. The van der Waals surface area contributed by atoms with Gasteiger partial charge in [0.15, 0.2) is 17.7 Å². The van der Waals surface area contributed by atoms with E-state index in [0.717, 1.165) is 0 Å². The Morgan fingerprint density at radius 3 is 1.89 bits per heavy atom. The molecule has 1 unspecified atom stereocenters. The van der Waals surface area contributed by atoms with Crippen LogP contribution in [0.3, 0.4) is 0 Å². The quantitative estimate of drug-likeness (QED) is 0.0469. The van der Waals surface area contributed by atoms with Gasteiger partial charge in [-0.25, -0.2) is 15.0 Å². The number of nitrogens with zero attached hydrogens (tertiary/aromatic N) is 4. The molecule has 0 bridgehead atoms. The molecule has 20 heteroatoms. The number of aliphatic hydroxyl groups excluding tert-OH is 2. The van der Waals surface area contributed by atoms with Gasteiger partial charge in [0.2, 0.25) is 0 Å². The molecule has 0 radical (unpaired) electrons. The van der Waals surface area contributed by atoms with Crippen LogP contribution in [0, 0.1) is 0 Å². The summed E-state index contributed by atoms with van der Waals surface area (Å²) in [5.41, 5.74) is 6.36. The van der Waals surface area contributed by atoms with Gasteiger partial charge in [0, 0.05) is 6.61 Å². The van der Waals surface area contributed by atoms with Crippen LogP contribution in [0.15, 0.2) is 12.7 Å². The molecular formula is C24H42N5NaO13P+. The van der Waals surface area contributed by atoms with Crippen molar-refractivity contribution < 1.29 is 91.8 Å². The monoisotopic (exact) mass is 662 g/mol. The number of aliphatic hydroxyl groups is 2. The first-order valence-electron chi connectivity index (χ1n) is 13.9. The molecular weight excluding hydrogens is 620 g/mol. The molecule has 2 aromatic rings. The molecule has 246 valence electrons. The summed E-state index contributed by atoms with van der Waals surface area (Å²) >= 11 is 0. The Morgan fingerprint density at radius 1 is 0.818 bits per heavy atom. The number of phosphoric ester groups is 1. The summed E-state index contributed by atoms with van der Waals surface area (Å²) in [6.45, 7) is 6.23. The molecule has 0 aliphatic carbocycles. The third kappa shape index (κ3) is 13.5. The third-order valence-electron chi connectivity index (χ3n) is 5.95. The van der Waals surface area contributed by atoms with E-state index in [1.54, 1.807) is 0 Å². The van der Waals surface area contributed by atoms with Gasteiger partial charge in [-0.3, -0.25) is 4.57 Å². The Morgan fingerprint density at radius 2 is 1.34 bits per heavy atom. The van der Waals surface area contributed by atoms with Gasteiger partial charge in [-0.15, -0.1) is 0 Å². The van der Waals surface area contributed by atoms with Gasteiger partial charge in [-0.05, 0) is 6.92 Å². The first-order valence-corrected chi connectivity index (χ1v) is 15.4. The zero-order valence-corrected chi connectivity index (χ0v) is 28.0. The summed E-state index contributed by atoms with van der Waals surface area (Å²) < 4.78 is 48.8. The Balaban J connectivity index is 0.00000675. The molecule has 0 amide bonds. The fourth-order valence-corrected chi connectivity index (χ4v) is 4.53. The van der Waals surface area contributed by atoms with Gasteiger partial charge < -0.3 is 54.0 Å². The van der Waals surface area contributed by atoms with Crippen LogP contribution in [-0.4, -0.2) is 145 Å². The Labute approximate surface area is 278 Å². The van der Waals surface area contributed by atoms with Crippen LogP contribution in [-0.2, 0) is 42.2 Å². The zero-order valence-electron chi connectivity index (χ0n) is 25.1. The Hall–Kier alpha value is -0.740. The minimum Gasteiger partial charge on any atom is -0.606 e. The van der Waals surface area contributed by atoms with E-state index in [1.807, 2.05) is 6.92 Å². The summed E-state index contributed by atoms with van der Waals surface area (Å²) in [6, 6.07) is 0. The molecule has 5 N–H and O–H groups in total. The normalized spacial score (nSPS) is 21.5. The van der Waals surface area contributed by atoms with E-state index in [9.17, 15) is 20.0 Å². The van der Waals surface area contributed by atoms with Gasteiger partial charge in [-0.2, -0.15) is 13.9 Å². The second-order valence-electron chi connectivity index (χ2n) is 8.99. The van der Waals surface area contributed by atoms with Crippen molar-refractivity contribution in [3.05, 3.63) is 12.7 Å². The SMILES string of the molecule is CCOCCOCCOCCOCCOCCOCCO[P+]([O-])(O)OC[C@H]1O[C@@H](n2cnc3c(N)ncnc32)[C@H](O)[C@@H]1O.[Na+]. The molecule has 0 aromatic carbocycles. The van der Waals surface area contributed by atoms with Crippen LogP contribution >= 0.6 is 8.17 Å². The number of ether oxygens (including phenoxy) is 7. The molecule has 1 fully saturated rings. The topological polar surface area (TPSA) is 236 Å². The minimum absolute atomic E-state index is 0. The van der Waals surface area contributed by atoms with Crippen molar-refractivity contribution in [3.63, 3.8) is 0 Å². The first-order chi connectivity index (χ1) is 20.8. The maximum atomic E-state index is 12.2. The Kier molecular flexibility index (Phi) is 19.7. The second-order valence-corrected chi connectivity index (χ2v) is 10.4. The van der Waals surface area contributed by atoms with Crippen LogP contribution in [0.4, 0.5) is 5.82 Å². The smallest absolute Gasteiger partial charge is 0.606 e. The molecule has 0 saturated carbocycles. The molecule has 5 atom stereocenters. The molecule has 0 spiro atoms. The van der Waals surface area contributed by atoms with Crippen molar-refractivity contribution in [2.75, 3.05) is 98.2 Å². The summed E-state index contributed by atoms with van der Waals surface area (Å²) in [4.78, 5) is 34.2. The van der Waals surface area contributed by atoms with Gasteiger partial charge in [-0.1, -0.05) is 0 Å². The number of nitrogens with two attached hydrogens (primary N) is 1. The number of hydrogen-bond acceptors (Lipinski definition) is 17. The van der Waals surface area contributed by atoms with E-state index in [2.05, 4.69) is 15.0 Å². The minimum atomic E-state index is -4.49. The summed E-state index contributed by atoms with van der Waals surface area (Å²) in [7, 11) is -4.49. The largest absolute Gasteiger partial charge is 1.00 e. The molecule has 44 heavy (non-hydrogen) atoms. The van der Waals surface area contributed by atoms with Crippen molar-refractivity contribution >= 4 is 25.2 Å². The van der Waals surface area contributed by atoms with Crippen molar-refractivity contribution in [3.8, 4) is 0 Å². The molecule has 1 aliphatic heterocycles. The predicted molar refractivity (Wildman–Crippen MR) is 147 cm³/mol. The molecule has 3 rings (SSSR count). The molecule has 1 saturated heterocycles. The van der Waals surface area contributed by atoms with E-state index in [4.69, 9.17) is 47.9 Å².